The summed E-state index contributed by atoms with van der Waals surface area (Å²) in [5, 5.41) is 7.43. The van der Waals surface area contributed by atoms with E-state index >= 15 is 0 Å². The number of aromatic nitrogens is 3. The van der Waals surface area contributed by atoms with Crippen molar-refractivity contribution in [1.82, 2.24) is 24.4 Å². The van der Waals surface area contributed by atoms with E-state index in [0.717, 1.165) is 5.56 Å². The first kappa shape index (κ1) is 21.3. The van der Waals surface area contributed by atoms with Gasteiger partial charge in [-0.1, -0.05) is 23.7 Å². The Bertz CT molecular complexity index is 1210. The van der Waals surface area contributed by atoms with Crippen LogP contribution in [0, 0.1) is 0 Å². The monoisotopic (exact) mass is 461 g/mol. The van der Waals surface area contributed by atoms with Crippen LogP contribution in [-0.4, -0.2) is 47.0 Å². The fraction of sp³-hybridized carbons (Fsp3) is 0.250. The first-order valence-electron chi connectivity index (χ1n) is 9.46. The van der Waals surface area contributed by atoms with E-state index in [-0.39, 0.29) is 30.4 Å². The van der Waals surface area contributed by atoms with Crippen molar-refractivity contribution in [2.24, 2.45) is 0 Å². The number of ether oxygens (including phenoxy) is 1. The Morgan fingerprint density at radius 2 is 2.06 bits per heavy atom. The third-order valence-corrected chi connectivity index (χ3v) is 7.07. The van der Waals surface area contributed by atoms with Crippen LogP contribution in [0.25, 0.3) is 0 Å². The average Bonchev–Trinajstić information content (AvgIpc) is 3.22. The predicted octanol–water partition coefficient (Wildman–Crippen LogP) is 2.07. The molecule has 0 saturated carbocycles. The van der Waals surface area contributed by atoms with E-state index in [1.807, 2.05) is 0 Å². The lowest BCUT2D eigenvalue weighted by Crippen LogP contribution is -2.39. The quantitative estimate of drug-likeness (QED) is 0.563. The minimum absolute atomic E-state index is 0.0464. The molecule has 9 nitrogen and oxygen atoms in total. The number of halogens is 1. The van der Waals surface area contributed by atoms with Gasteiger partial charge in [0.1, 0.15) is 10.9 Å². The predicted molar refractivity (Wildman–Crippen MR) is 113 cm³/mol. The Labute approximate surface area is 184 Å². The lowest BCUT2D eigenvalue weighted by molar-refractivity contribution is 0.0948. The minimum Gasteiger partial charge on any atom is -0.497 e. The maximum absolute atomic E-state index is 13.1. The molecule has 1 amide bonds. The van der Waals surface area contributed by atoms with Crippen molar-refractivity contribution in [2.45, 2.75) is 24.5 Å². The summed E-state index contributed by atoms with van der Waals surface area (Å²) >= 11 is 5.78. The number of sulfonamides is 1. The zero-order valence-electron chi connectivity index (χ0n) is 16.7. The number of nitrogens with zero attached hydrogens (tertiary/aromatic N) is 4. The minimum atomic E-state index is -3.76. The van der Waals surface area contributed by atoms with E-state index in [4.69, 9.17) is 16.3 Å². The largest absolute Gasteiger partial charge is 0.497 e. The second-order valence-corrected chi connectivity index (χ2v) is 9.24. The molecule has 0 spiro atoms. The molecule has 0 saturated heterocycles. The van der Waals surface area contributed by atoms with Gasteiger partial charge in [0.05, 0.1) is 42.5 Å². The Morgan fingerprint density at radius 1 is 1.23 bits per heavy atom. The molecule has 0 radical (unpaired) electrons. The maximum Gasteiger partial charge on any atom is 0.255 e. The maximum atomic E-state index is 13.1. The molecule has 31 heavy (non-hydrogen) atoms. The summed E-state index contributed by atoms with van der Waals surface area (Å²) in [6.07, 6.45) is 3.05. The van der Waals surface area contributed by atoms with Crippen LogP contribution in [-0.2, 0) is 29.7 Å². The van der Waals surface area contributed by atoms with Crippen LogP contribution >= 0.6 is 11.6 Å². The first-order chi connectivity index (χ1) is 14.9. The molecule has 2 aromatic heterocycles. The molecule has 4 rings (SSSR count). The Kier molecular flexibility index (Phi) is 5.94. The lowest BCUT2D eigenvalue weighted by Gasteiger charge is -2.27. The Hall–Kier alpha value is -2.95. The highest BCUT2D eigenvalue weighted by atomic mass is 35.5. The van der Waals surface area contributed by atoms with Crippen molar-refractivity contribution in [2.75, 3.05) is 13.7 Å². The molecule has 1 N–H and O–H groups in total. The molecule has 1 aliphatic rings. The van der Waals surface area contributed by atoms with Crippen LogP contribution in [0.2, 0.25) is 5.15 Å². The van der Waals surface area contributed by atoms with Crippen molar-refractivity contribution in [3.63, 3.8) is 0 Å². The van der Waals surface area contributed by atoms with Gasteiger partial charge >= 0.3 is 0 Å². The molecule has 1 aromatic carbocycles. The summed E-state index contributed by atoms with van der Waals surface area (Å²) in [7, 11) is -2.27. The van der Waals surface area contributed by atoms with Gasteiger partial charge in [-0.2, -0.15) is 9.40 Å². The molecule has 0 bridgehead atoms. The van der Waals surface area contributed by atoms with Crippen LogP contribution in [0.3, 0.4) is 0 Å². The third kappa shape index (κ3) is 4.41. The molecular formula is C20H20ClN5O4S. The van der Waals surface area contributed by atoms with Gasteiger partial charge in [-0.05, 0) is 23.8 Å². The number of pyridine rings is 1. The van der Waals surface area contributed by atoms with Gasteiger partial charge in [0.15, 0.2) is 0 Å². The number of benzene rings is 1. The summed E-state index contributed by atoms with van der Waals surface area (Å²) in [5.41, 5.74) is 1.68. The highest BCUT2D eigenvalue weighted by Crippen LogP contribution is 2.25. The molecular weight excluding hydrogens is 442 g/mol. The van der Waals surface area contributed by atoms with Gasteiger partial charge in [-0.15, -0.1) is 0 Å². The second kappa shape index (κ2) is 8.66. The number of fused-ring (bicyclic) bond motifs is 1. The zero-order chi connectivity index (χ0) is 22.0. The number of carbonyl (C=O) groups is 1. The van der Waals surface area contributed by atoms with E-state index in [9.17, 15) is 13.2 Å². The summed E-state index contributed by atoms with van der Waals surface area (Å²) < 4.78 is 34.4. The van der Waals surface area contributed by atoms with Crippen LogP contribution in [0.15, 0.2) is 53.7 Å². The first-order valence-corrected chi connectivity index (χ1v) is 11.3. The van der Waals surface area contributed by atoms with Crippen molar-refractivity contribution in [1.29, 1.82) is 0 Å². The Morgan fingerprint density at radius 3 is 2.81 bits per heavy atom. The summed E-state index contributed by atoms with van der Waals surface area (Å²) in [5.74, 6) is 0.122. The molecule has 0 atom stereocenters. The van der Waals surface area contributed by atoms with Gasteiger partial charge in [-0.3, -0.25) is 9.48 Å². The van der Waals surface area contributed by atoms with Crippen LogP contribution in [0.1, 0.15) is 21.6 Å². The number of rotatable bonds is 6. The number of amides is 1. The highest BCUT2D eigenvalue weighted by molar-refractivity contribution is 7.89. The zero-order valence-corrected chi connectivity index (χ0v) is 18.2. The van der Waals surface area contributed by atoms with E-state index in [1.54, 1.807) is 35.1 Å². The summed E-state index contributed by atoms with van der Waals surface area (Å²) in [4.78, 5) is 16.9. The standard InChI is InChI=1S/C20H20ClN5O4S/c1-30-15-3-2-4-16(9-15)31(28,29)25-7-8-26-18(13-25)17(12-24-26)20(27)23-11-14-5-6-19(21)22-10-14/h2-6,9-10,12H,7-8,11,13H2,1H3,(H,23,27). The summed E-state index contributed by atoms with van der Waals surface area (Å²) in [6, 6.07) is 9.73. The number of hydrogen-bond donors (Lipinski definition) is 1. The molecule has 3 heterocycles. The molecule has 162 valence electrons. The molecule has 3 aromatic rings. The van der Waals surface area contributed by atoms with Crippen LogP contribution in [0.5, 0.6) is 5.75 Å². The van der Waals surface area contributed by atoms with E-state index < -0.39 is 10.0 Å². The van der Waals surface area contributed by atoms with Crippen molar-refractivity contribution in [3.8, 4) is 5.75 Å². The van der Waals surface area contributed by atoms with Crippen LogP contribution in [0.4, 0.5) is 0 Å². The lowest BCUT2D eigenvalue weighted by atomic mass is 10.2. The smallest absolute Gasteiger partial charge is 0.255 e. The van der Waals surface area contributed by atoms with Crippen molar-refractivity contribution >= 4 is 27.5 Å². The molecule has 0 unspecified atom stereocenters. The average molecular weight is 462 g/mol. The molecule has 11 heteroatoms. The fourth-order valence-corrected chi connectivity index (χ4v) is 4.86. The second-order valence-electron chi connectivity index (χ2n) is 6.92. The highest BCUT2D eigenvalue weighted by Gasteiger charge is 2.31. The number of nitrogens with one attached hydrogen (secondary N) is 1. The fourth-order valence-electron chi connectivity index (χ4n) is 3.32. The molecule has 0 aliphatic carbocycles. The van der Waals surface area contributed by atoms with Gasteiger partial charge in [0, 0.05) is 25.4 Å². The van der Waals surface area contributed by atoms with E-state index in [1.165, 1.54) is 29.7 Å². The number of hydrogen-bond acceptors (Lipinski definition) is 6. The van der Waals surface area contributed by atoms with Gasteiger partial charge in [0.2, 0.25) is 10.0 Å². The van der Waals surface area contributed by atoms with Gasteiger partial charge in [0.25, 0.3) is 5.91 Å². The topological polar surface area (TPSA) is 106 Å². The number of methoxy groups -OCH3 is 1. The van der Waals surface area contributed by atoms with Gasteiger partial charge < -0.3 is 10.1 Å². The number of carbonyl (C=O) groups excluding carboxylic acids is 1. The van der Waals surface area contributed by atoms with Crippen LogP contribution < -0.4 is 10.1 Å². The molecule has 0 fully saturated rings. The molecule has 1 aliphatic heterocycles. The van der Waals surface area contributed by atoms with Gasteiger partial charge in [-0.25, -0.2) is 13.4 Å². The van der Waals surface area contributed by atoms with Crippen molar-refractivity contribution < 1.29 is 17.9 Å². The van der Waals surface area contributed by atoms with Crippen molar-refractivity contribution in [3.05, 3.63) is 70.8 Å². The normalized spacial score (nSPS) is 14.1. The third-order valence-electron chi connectivity index (χ3n) is 5.00. The SMILES string of the molecule is COc1cccc(S(=O)(=O)N2CCn3ncc(C(=O)NCc4ccc(Cl)nc4)c3C2)c1. The van der Waals surface area contributed by atoms with E-state index in [2.05, 4.69) is 15.4 Å². The summed E-state index contributed by atoms with van der Waals surface area (Å²) in [6.45, 7) is 0.920. The Balaban J connectivity index is 1.52. The van der Waals surface area contributed by atoms with E-state index in [0.29, 0.717) is 28.7 Å².